The molecule has 2 aromatic heterocycles. The van der Waals surface area contributed by atoms with Crippen LogP contribution in [0.2, 0.25) is 5.02 Å². The molecule has 1 aliphatic rings. The van der Waals surface area contributed by atoms with Crippen molar-refractivity contribution in [2.24, 2.45) is 5.92 Å². The Morgan fingerprint density at radius 2 is 2.14 bits per heavy atom. The zero-order valence-electron chi connectivity index (χ0n) is 15.5. The van der Waals surface area contributed by atoms with Crippen molar-refractivity contribution in [3.8, 4) is 11.4 Å². The first kappa shape index (κ1) is 19.6. The maximum Gasteiger partial charge on any atom is 0.439 e. The fraction of sp³-hybridized carbons (Fsp3) is 0.350. The van der Waals surface area contributed by atoms with Crippen molar-refractivity contribution in [2.45, 2.75) is 25.3 Å². The van der Waals surface area contributed by atoms with Gasteiger partial charge >= 0.3 is 5.76 Å². The Balaban J connectivity index is 1.60. The minimum Gasteiger partial charge on any atom is -0.316 e. The number of pyridine rings is 1. The number of H-pyrrole nitrogens is 1. The van der Waals surface area contributed by atoms with Gasteiger partial charge in [-0.3, -0.25) is 14.3 Å². The molecule has 4 rings (SSSR count). The Hall–Kier alpha value is -2.71. The van der Waals surface area contributed by atoms with Gasteiger partial charge in [0, 0.05) is 30.9 Å². The van der Waals surface area contributed by atoms with E-state index in [1.54, 1.807) is 22.9 Å². The molecule has 29 heavy (non-hydrogen) atoms. The van der Waals surface area contributed by atoms with E-state index in [1.165, 1.54) is 12.1 Å². The average molecular weight is 419 g/mol. The average Bonchev–Trinajstić information content (AvgIpc) is 3.00. The van der Waals surface area contributed by atoms with E-state index in [1.807, 2.05) is 6.07 Å². The molecule has 1 aromatic carbocycles. The molecule has 2 atom stereocenters. The molecule has 3 heterocycles. The van der Waals surface area contributed by atoms with E-state index in [0.717, 1.165) is 31.5 Å². The molecule has 7 nitrogen and oxygen atoms in total. The van der Waals surface area contributed by atoms with Gasteiger partial charge in [-0.25, -0.2) is 9.18 Å². The summed E-state index contributed by atoms with van der Waals surface area (Å²) in [6, 6.07) is 8.06. The van der Waals surface area contributed by atoms with Gasteiger partial charge in [-0.15, -0.1) is 0 Å². The van der Waals surface area contributed by atoms with E-state index in [4.69, 9.17) is 11.6 Å². The summed E-state index contributed by atoms with van der Waals surface area (Å²) >= 11 is 5.84. The molecule has 1 fully saturated rings. The zero-order chi connectivity index (χ0) is 20.4. The molecule has 2 N–H and O–H groups in total. The van der Waals surface area contributed by atoms with Crippen molar-refractivity contribution in [3.05, 3.63) is 73.8 Å². The van der Waals surface area contributed by atoms with E-state index in [9.17, 15) is 14.0 Å². The van der Waals surface area contributed by atoms with Crippen LogP contribution in [0.3, 0.4) is 0 Å². The molecular formula is C20H20ClFN4O3. The predicted octanol–water partition coefficient (Wildman–Crippen LogP) is 2.77. The highest BCUT2D eigenvalue weighted by Gasteiger charge is 2.26. The van der Waals surface area contributed by atoms with Crippen molar-refractivity contribution in [1.82, 2.24) is 20.0 Å². The van der Waals surface area contributed by atoms with Gasteiger partial charge in [-0.05, 0) is 55.0 Å². The number of halogens is 2. The summed E-state index contributed by atoms with van der Waals surface area (Å²) < 4.78 is 20.1. The third kappa shape index (κ3) is 4.33. The van der Waals surface area contributed by atoms with Gasteiger partial charge in [0.1, 0.15) is 5.82 Å². The summed E-state index contributed by atoms with van der Waals surface area (Å²) in [4.78, 5) is 26.2. The number of aromatic nitrogens is 3. The number of hydrogen-bond acceptors (Lipinski definition) is 5. The number of rotatable bonds is 4. The van der Waals surface area contributed by atoms with Crippen molar-refractivity contribution in [3.63, 3.8) is 0 Å². The van der Waals surface area contributed by atoms with Gasteiger partial charge in [0.05, 0.1) is 5.02 Å². The Labute approximate surface area is 170 Å². The maximum atomic E-state index is 14.0. The lowest BCUT2D eigenvalue weighted by Crippen LogP contribution is -2.31. The molecule has 0 radical (unpaired) electrons. The minimum atomic E-state index is -0.674. The number of benzene rings is 1. The van der Waals surface area contributed by atoms with E-state index < -0.39 is 11.6 Å². The standard InChI is InChI=1S/C20H20ClFN4O3/c21-16-4-3-12(8-17(16)22)15-2-1-6-23-10-14(15)11-26-7-5-13(9-18(26)27)19-24-20(28)29-25-19/h3-5,7-9,14-15,23H,1-2,6,10-11H2,(H,24,25,28)/t14-,15-/m0/s1. The van der Waals surface area contributed by atoms with Crippen LogP contribution in [0.1, 0.15) is 24.3 Å². The first-order valence-electron chi connectivity index (χ1n) is 9.44. The van der Waals surface area contributed by atoms with Crippen LogP contribution in [-0.2, 0) is 6.54 Å². The van der Waals surface area contributed by atoms with Gasteiger partial charge in [-0.1, -0.05) is 22.8 Å². The van der Waals surface area contributed by atoms with Crippen LogP contribution in [0.25, 0.3) is 11.4 Å². The van der Waals surface area contributed by atoms with Crippen LogP contribution < -0.4 is 16.6 Å². The molecule has 152 valence electrons. The maximum absolute atomic E-state index is 14.0. The highest BCUT2D eigenvalue weighted by atomic mass is 35.5. The number of aromatic amines is 1. The summed E-state index contributed by atoms with van der Waals surface area (Å²) in [7, 11) is 0. The van der Waals surface area contributed by atoms with Gasteiger partial charge in [0.2, 0.25) is 0 Å². The van der Waals surface area contributed by atoms with Crippen LogP contribution in [0.5, 0.6) is 0 Å². The molecule has 0 unspecified atom stereocenters. The fourth-order valence-corrected chi connectivity index (χ4v) is 4.02. The molecule has 9 heteroatoms. The second-order valence-corrected chi connectivity index (χ2v) is 7.64. The van der Waals surface area contributed by atoms with Crippen LogP contribution in [0.15, 0.2) is 50.6 Å². The summed E-state index contributed by atoms with van der Waals surface area (Å²) in [5, 5.41) is 7.12. The molecule has 0 spiro atoms. The van der Waals surface area contributed by atoms with Crippen LogP contribution in [0.4, 0.5) is 4.39 Å². The SMILES string of the molecule is O=c1[nH]c(-c2ccn(C[C@@H]3CNCCC[C@H]3c3ccc(Cl)c(F)c3)c(=O)c2)no1. The number of hydrogen-bond donors (Lipinski definition) is 2. The summed E-state index contributed by atoms with van der Waals surface area (Å²) in [6.45, 7) is 2.09. The fourth-order valence-electron chi connectivity index (χ4n) is 3.90. The molecule has 0 amide bonds. The monoisotopic (exact) mass is 418 g/mol. The first-order chi connectivity index (χ1) is 14.0. The lowest BCUT2D eigenvalue weighted by Gasteiger charge is -2.26. The van der Waals surface area contributed by atoms with Crippen molar-refractivity contribution >= 4 is 11.6 Å². The number of nitrogens with zero attached hydrogens (tertiary/aromatic N) is 2. The molecule has 0 aliphatic carbocycles. The highest BCUT2D eigenvalue weighted by molar-refractivity contribution is 6.30. The van der Waals surface area contributed by atoms with Gasteiger partial charge in [-0.2, -0.15) is 0 Å². The normalized spacial score (nSPS) is 19.8. The topological polar surface area (TPSA) is 92.9 Å². The van der Waals surface area contributed by atoms with Gasteiger partial charge in [0.25, 0.3) is 5.56 Å². The third-order valence-corrected chi connectivity index (χ3v) is 5.66. The van der Waals surface area contributed by atoms with Crippen LogP contribution >= 0.6 is 11.6 Å². The van der Waals surface area contributed by atoms with E-state index in [2.05, 4.69) is 20.0 Å². The predicted molar refractivity (Wildman–Crippen MR) is 107 cm³/mol. The smallest absolute Gasteiger partial charge is 0.316 e. The Bertz CT molecular complexity index is 1120. The summed E-state index contributed by atoms with van der Waals surface area (Å²) in [5.41, 5.74) is 1.16. The summed E-state index contributed by atoms with van der Waals surface area (Å²) in [6.07, 6.45) is 3.54. The van der Waals surface area contributed by atoms with Crippen molar-refractivity contribution < 1.29 is 8.91 Å². The highest BCUT2D eigenvalue weighted by Crippen LogP contribution is 2.33. The third-order valence-electron chi connectivity index (χ3n) is 5.36. The Morgan fingerprint density at radius 1 is 1.28 bits per heavy atom. The van der Waals surface area contributed by atoms with Crippen LogP contribution in [-0.4, -0.2) is 27.8 Å². The molecule has 0 bridgehead atoms. The second kappa shape index (κ2) is 8.34. The zero-order valence-corrected chi connectivity index (χ0v) is 16.3. The molecule has 1 aliphatic heterocycles. The molecular weight excluding hydrogens is 399 g/mol. The van der Waals surface area contributed by atoms with E-state index in [-0.39, 0.29) is 28.2 Å². The largest absolute Gasteiger partial charge is 0.439 e. The quantitative estimate of drug-likeness (QED) is 0.679. The molecule has 0 saturated carbocycles. The number of nitrogens with one attached hydrogen (secondary N) is 2. The Kier molecular flexibility index (Phi) is 5.64. The lowest BCUT2D eigenvalue weighted by molar-refractivity contribution is 0.358. The second-order valence-electron chi connectivity index (χ2n) is 7.24. The van der Waals surface area contributed by atoms with E-state index >= 15 is 0 Å². The lowest BCUT2D eigenvalue weighted by atomic mass is 9.83. The van der Waals surface area contributed by atoms with Gasteiger partial charge < -0.3 is 9.88 Å². The molecule has 1 saturated heterocycles. The minimum absolute atomic E-state index is 0.105. The van der Waals surface area contributed by atoms with Gasteiger partial charge in [0.15, 0.2) is 5.82 Å². The summed E-state index contributed by atoms with van der Waals surface area (Å²) in [5.74, 6) is -0.677. The van der Waals surface area contributed by atoms with Crippen molar-refractivity contribution in [2.75, 3.05) is 13.1 Å². The Morgan fingerprint density at radius 3 is 2.86 bits per heavy atom. The van der Waals surface area contributed by atoms with Crippen LogP contribution in [0, 0.1) is 11.7 Å². The van der Waals surface area contributed by atoms with E-state index in [0.29, 0.717) is 12.1 Å². The van der Waals surface area contributed by atoms with Crippen molar-refractivity contribution in [1.29, 1.82) is 0 Å². The first-order valence-corrected chi connectivity index (χ1v) is 9.81. The molecule has 3 aromatic rings.